The number of nitrogens with one attached hydrogen (secondary N) is 1. The molecule has 0 saturated carbocycles. The van der Waals surface area contributed by atoms with Crippen molar-refractivity contribution in [3.8, 4) is 0 Å². The Labute approximate surface area is 122 Å². The molecule has 1 atom stereocenters. The van der Waals surface area contributed by atoms with Gasteiger partial charge in [0.25, 0.3) is 0 Å². The van der Waals surface area contributed by atoms with Gasteiger partial charge in [-0.3, -0.25) is 4.90 Å². The summed E-state index contributed by atoms with van der Waals surface area (Å²) >= 11 is 5.38. The Kier molecular flexibility index (Phi) is 5.63. The molecular weight excluding hydrogens is 310 g/mol. The molecule has 1 saturated heterocycles. The standard InChI is InChI=1S/C13H22BrN3S/c1-11(17-6-4-16(2)5-7-17)9-15-10-13-12(14)3-8-18-13/h3,8,11,15H,4-7,9-10H2,1-2H3/t11-/m1/s1. The van der Waals surface area contributed by atoms with Crippen LogP contribution in [0.4, 0.5) is 0 Å². The van der Waals surface area contributed by atoms with Gasteiger partial charge in [0.2, 0.25) is 0 Å². The van der Waals surface area contributed by atoms with Crippen molar-refractivity contribution >= 4 is 27.3 Å². The molecule has 0 aliphatic carbocycles. The van der Waals surface area contributed by atoms with Crippen molar-refractivity contribution in [1.29, 1.82) is 0 Å². The van der Waals surface area contributed by atoms with E-state index in [1.165, 1.54) is 35.5 Å². The van der Waals surface area contributed by atoms with Gasteiger partial charge in [0.1, 0.15) is 0 Å². The molecule has 5 heteroatoms. The Morgan fingerprint density at radius 3 is 2.72 bits per heavy atom. The Balaban J connectivity index is 1.68. The van der Waals surface area contributed by atoms with Gasteiger partial charge in [-0.2, -0.15) is 0 Å². The average molecular weight is 332 g/mol. The van der Waals surface area contributed by atoms with E-state index in [9.17, 15) is 0 Å². The normalized spacial score (nSPS) is 20.2. The summed E-state index contributed by atoms with van der Waals surface area (Å²) in [4.78, 5) is 6.37. The van der Waals surface area contributed by atoms with Crippen molar-refractivity contribution in [1.82, 2.24) is 15.1 Å². The minimum absolute atomic E-state index is 0.623. The van der Waals surface area contributed by atoms with Crippen LogP contribution in [-0.2, 0) is 6.54 Å². The highest BCUT2D eigenvalue weighted by atomic mass is 79.9. The third-order valence-corrected chi connectivity index (χ3v) is 5.50. The molecule has 18 heavy (non-hydrogen) atoms. The smallest absolute Gasteiger partial charge is 0.0327 e. The molecule has 2 heterocycles. The monoisotopic (exact) mass is 331 g/mol. The second-order valence-corrected chi connectivity index (χ2v) is 6.87. The molecule has 1 aromatic heterocycles. The predicted octanol–water partition coefficient (Wildman–Crippen LogP) is 2.24. The zero-order valence-electron chi connectivity index (χ0n) is 11.2. The van der Waals surface area contributed by atoms with E-state index in [2.05, 4.69) is 56.5 Å². The molecule has 1 aliphatic heterocycles. The molecule has 0 radical (unpaired) electrons. The van der Waals surface area contributed by atoms with E-state index in [-0.39, 0.29) is 0 Å². The Hall–Kier alpha value is 0.0600. The van der Waals surface area contributed by atoms with Crippen LogP contribution in [0.1, 0.15) is 11.8 Å². The number of likely N-dealkylation sites (N-methyl/N-ethyl adjacent to an activating group) is 1. The van der Waals surface area contributed by atoms with E-state index in [0.29, 0.717) is 6.04 Å². The van der Waals surface area contributed by atoms with Crippen LogP contribution in [0, 0.1) is 0 Å². The van der Waals surface area contributed by atoms with Crippen LogP contribution in [0.5, 0.6) is 0 Å². The minimum Gasteiger partial charge on any atom is -0.310 e. The molecule has 1 aliphatic rings. The summed E-state index contributed by atoms with van der Waals surface area (Å²) in [6, 6.07) is 2.74. The van der Waals surface area contributed by atoms with E-state index in [0.717, 1.165) is 13.1 Å². The van der Waals surface area contributed by atoms with Crippen molar-refractivity contribution in [2.45, 2.75) is 19.5 Å². The lowest BCUT2D eigenvalue weighted by atomic mass is 10.2. The number of halogens is 1. The number of rotatable bonds is 5. The summed E-state index contributed by atoms with van der Waals surface area (Å²) in [7, 11) is 2.20. The lowest BCUT2D eigenvalue weighted by molar-refractivity contribution is 0.118. The first-order valence-electron chi connectivity index (χ1n) is 6.52. The number of thiophene rings is 1. The van der Waals surface area contributed by atoms with Crippen LogP contribution in [-0.4, -0.2) is 55.6 Å². The van der Waals surface area contributed by atoms with Crippen molar-refractivity contribution < 1.29 is 0 Å². The van der Waals surface area contributed by atoms with Gasteiger partial charge in [0, 0.05) is 54.7 Å². The molecule has 2 rings (SSSR count). The molecular formula is C13H22BrN3S. The van der Waals surface area contributed by atoms with Gasteiger partial charge in [-0.1, -0.05) is 0 Å². The van der Waals surface area contributed by atoms with Crippen molar-refractivity contribution in [3.05, 3.63) is 20.8 Å². The maximum absolute atomic E-state index is 3.57. The van der Waals surface area contributed by atoms with E-state index >= 15 is 0 Å². The van der Waals surface area contributed by atoms with Crippen molar-refractivity contribution in [2.24, 2.45) is 0 Å². The Bertz CT molecular complexity index is 361. The molecule has 0 bridgehead atoms. The predicted molar refractivity (Wildman–Crippen MR) is 82.3 cm³/mol. The highest BCUT2D eigenvalue weighted by Gasteiger charge is 2.18. The summed E-state index contributed by atoms with van der Waals surface area (Å²) in [5, 5.41) is 5.69. The summed E-state index contributed by atoms with van der Waals surface area (Å²) in [6.45, 7) is 9.14. The largest absolute Gasteiger partial charge is 0.310 e. The molecule has 3 nitrogen and oxygen atoms in total. The Morgan fingerprint density at radius 1 is 1.39 bits per heavy atom. The van der Waals surface area contributed by atoms with Gasteiger partial charge in [0.15, 0.2) is 0 Å². The van der Waals surface area contributed by atoms with Gasteiger partial charge < -0.3 is 10.2 Å². The minimum atomic E-state index is 0.623. The first kappa shape index (κ1) is 14.5. The highest BCUT2D eigenvalue weighted by molar-refractivity contribution is 9.10. The molecule has 1 aromatic rings. The van der Waals surface area contributed by atoms with Crippen LogP contribution in [0.15, 0.2) is 15.9 Å². The third-order valence-electron chi connectivity index (χ3n) is 3.58. The second-order valence-electron chi connectivity index (χ2n) is 5.01. The average Bonchev–Trinajstić information content (AvgIpc) is 2.76. The van der Waals surface area contributed by atoms with Gasteiger partial charge >= 0.3 is 0 Å². The summed E-state index contributed by atoms with van der Waals surface area (Å²) < 4.78 is 1.23. The van der Waals surface area contributed by atoms with Gasteiger partial charge in [-0.15, -0.1) is 11.3 Å². The van der Waals surface area contributed by atoms with Gasteiger partial charge in [0.05, 0.1) is 0 Å². The van der Waals surface area contributed by atoms with Gasteiger partial charge in [-0.05, 0) is 41.3 Å². The number of piperazine rings is 1. The van der Waals surface area contributed by atoms with Gasteiger partial charge in [-0.25, -0.2) is 0 Å². The molecule has 102 valence electrons. The van der Waals surface area contributed by atoms with E-state index in [1.54, 1.807) is 0 Å². The fraction of sp³-hybridized carbons (Fsp3) is 0.692. The fourth-order valence-corrected chi connectivity index (χ4v) is 3.70. The molecule has 0 spiro atoms. The van der Waals surface area contributed by atoms with Crippen LogP contribution < -0.4 is 5.32 Å². The van der Waals surface area contributed by atoms with E-state index in [4.69, 9.17) is 0 Å². The molecule has 0 aromatic carbocycles. The quantitative estimate of drug-likeness (QED) is 0.892. The zero-order valence-corrected chi connectivity index (χ0v) is 13.6. The maximum atomic E-state index is 3.57. The number of hydrogen-bond acceptors (Lipinski definition) is 4. The summed E-state index contributed by atoms with van der Waals surface area (Å²) in [5.74, 6) is 0. The number of nitrogens with zero attached hydrogens (tertiary/aromatic N) is 2. The van der Waals surface area contributed by atoms with Crippen LogP contribution in [0.25, 0.3) is 0 Å². The summed E-state index contributed by atoms with van der Waals surface area (Å²) in [5.41, 5.74) is 0. The third kappa shape index (κ3) is 4.03. The van der Waals surface area contributed by atoms with Crippen LogP contribution in [0.3, 0.4) is 0 Å². The van der Waals surface area contributed by atoms with E-state index < -0.39 is 0 Å². The van der Waals surface area contributed by atoms with Crippen LogP contribution >= 0.6 is 27.3 Å². The zero-order chi connectivity index (χ0) is 13.0. The lowest BCUT2D eigenvalue weighted by Crippen LogP contribution is -2.50. The first-order valence-corrected chi connectivity index (χ1v) is 8.19. The second kappa shape index (κ2) is 7.01. The van der Waals surface area contributed by atoms with Crippen molar-refractivity contribution in [3.63, 3.8) is 0 Å². The number of hydrogen-bond donors (Lipinski definition) is 1. The lowest BCUT2D eigenvalue weighted by Gasteiger charge is -2.36. The highest BCUT2D eigenvalue weighted by Crippen LogP contribution is 2.22. The SMILES string of the molecule is C[C@H](CNCc1sccc1Br)N1CCN(C)CC1. The van der Waals surface area contributed by atoms with E-state index in [1.807, 2.05) is 11.3 Å². The van der Waals surface area contributed by atoms with Crippen molar-refractivity contribution in [2.75, 3.05) is 39.8 Å². The molecule has 0 amide bonds. The van der Waals surface area contributed by atoms with Crippen LogP contribution in [0.2, 0.25) is 0 Å². The topological polar surface area (TPSA) is 18.5 Å². The maximum Gasteiger partial charge on any atom is 0.0327 e. The molecule has 1 N–H and O–H groups in total. The Morgan fingerprint density at radius 2 is 2.11 bits per heavy atom. The molecule has 1 fully saturated rings. The first-order chi connectivity index (χ1) is 8.66. The fourth-order valence-electron chi connectivity index (χ4n) is 2.24. The molecule has 0 unspecified atom stereocenters. The summed E-state index contributed by atoms with van der Waals surface area (Å²) in [6.07, 6.45) is 0.